The Morgan fingerprint density at radius 3 is 2.36 bits per heavy atom. The second-order valence-corrected chi connectivity index (χ2v) is 15.2. The number of carbonyl (C=O) groups excluding carboxylic acids is 3. The molecule has 14 nitrogen and oxygen atoms in total. The molecule has 2 N–H and O–H groups in total. The van der Waals surface area contributed by atoms with Gasteiger partial charge in [-0.25, -0.2) is 4.98 Å². The van der Waals surface area contributed by atoms with Crippen LogP contribution in [0.15, 0.2) is 47.4 Å². The second kappa shape index (κ2) is 13.8. The van der Waals surface area contributed by atoms with Gasteiger partial charge in [-0.05, 0) is 74.9 Å². The van der Waals surface area contributed by atoms with Crippen LogP contribution in [0, 0.1) is 5.41 Å². The third-order valence-electron chi connectivity index (χ3n) is 11.2. The minimum Gasteiger partial charge on any atom is -0.505 e. The van der Waals surface area contributed by atoms with Crippen molar-refractivity contribution >= 4 is 46.4 Å². The summed E-state index contributed by atoms with van der Waals surface area (Å²) < 4.78 is 89.8. The summed E-state index contributed by atoms with van der Waals surface area (Å²) in [5, 5.41) is 16.8. The molecule has 1 saturated heterocycles. The largest absolute Gasteiger partial charge is 0.505 e. The number of likely N-dealkylation sites (tertiary alicyclic amines) is 1. The highest BCUT2D eigenvalue weighted by Crippen LogP contribution is 2.59. The van der Waals surface area contributed by atoms with E-state index in [0.717, 1.165) is 21.5 Å². The van der Waals surface area contributed by atoms with Crippen LogP contribution in [0.2, 0.25) is 5.02 Å². The molecule has 58 heavy (non-hydrogen) atoms. The quantitative estimate of drug-likeness (QED) is 0.240. The summed E-state index contributed by atoms with van der Waals surface area (Å²) in [6.45, 7) is 1.08. The number of piperidine rings is 1. The molecule has 1 spiro atoms. The summed E-state index contributed by atoms with van der Waals surface area (Å²) >= 11 is 6.12. The molecule has 1 atom stereocenters. The predicted molar refractivity (Wildman–Crippen MR) is 191 cm³/mol. The molecule has 4 aliphatic rings. The Hall–Kier alpha value is -5.50. The second-order valence-electron chi connectivity index (χ2n) is 14.8. The number of aromatic hydroxyl groups is 1. The van der Waals surface area contributed by atoms with Crippen LogP contribution in [-0.4, -0.2) is 89.1 Å². The number of nitrogens with zero attached hydrogens (tertiary/aromatic N) is 7. The standard InChI is InChI=1S/C37H33ClF6N8O6/c1-19-28-26(35(58-19)10-15-49(16-11-35)31(56)27-24(53)3-2-12-45-27)30(55)52-33(51(28)18-25(54)46-23-5-4-21(17-22(23)38)36(39,40)41)47-29(48-52)20-6-13-50(14-7-20)32(57)34(8-9-34)37(42,43)44/h2-6,12,17,19,53H,7-11,13-16,18H2,1H3,(H,46,54)/t19-/m1/s1. The number of carbonyl (C=O) groups is 3. The van der Waals surface area contributed by atoms with Crippen molar-refractivity contribution in [2.45, 2.75) is 69.6 Å². The van der Waals surface area contributed by atoms with E-state index in [0.29, 0.717) is 11.6 Å². The topological polar surface area (TPSA) is 164 Å². The molecule has 8 rings (SSSR count). The predicted octanol–water partition coefficient (Wildman–Crippen LogP) is 5.48. The van der Waals surface area contributed by atoms with Crippen molar-refractivity contribution in [3.8, 4) is 5.75 Å². The number of aromatic nitrogens is 5. The first kappa shape index (κ1) is 39.3. The molecule has 0 unspecified atom stereocenters. The molecular weight excluding hydrogens is 802 g/mol. The average Bonchev–Trinajstić information content (AvgIpc) is 3.81. The number of pyridine rings is 1. The molecule has 4 aromatic rings. The van der Waals surface area contributed by atoms with Gasteiger partial charge in [0.25, 0.3) is 11.5 Å². The molecule has 306 valence electrons. The highest BCUT2D eigenvalue weighted by molar-refractivity contribution is 6.33. The van der Waals surface area contributed by atoms with E-state index in [9.17, 15) is 50.6 Å². The van der Waals surface area contributed by atoms with E-state index in [-0.39, 0.29) is 103 Å². The summed E-state index contributed by atoms with van der Waals surface area (Å²) in [4.78, 5) is 65.6. The highest BCUT2D eigenvalue weighted by atomic mass is 35.5. The van der Waals surface area contributed by atoms with Crippen molar-refractivity contribution in [1.29, 1.82) is 0 Å². The summed E-state index contributed by atoms with van der Waals surface area (Å²) in [5.74, 6) is -2.66. The molecule has 0 radical (unpaired) electrons. The third-order valence-corrected chi connectivity index (χ3v) is 11.5. The number of nitrogens with one attached hydrogen (secondary N) is 1. The van der Waals surface area contributed by atoms with Gasteiger partial charge in [0.2, 0.25) is 17.6 Å². The van der Waals surface area contributed by atoms with Crippen LogP contribution >= 0.6 is 11.6 Å². The lowest BCUT2D eigenvalue weighted by molar-refractivity contribution is -0.198. The molecular formula is C37H33ClF6N8O6. The Balaban J connectivity index is 1.15. The minimum absolute atomic E-state index is 0.0305. The van der Waals surface area contributed by atoms with Gasteiger partial charge in [0.05, 0.1) is 33.6 Å². The van der Waals surface area contributed by atoms with Gasteiger partial charge in [-0.3, -0.25) is 19.2 Å². The number of benzene rings is 1. The van der Waals surface area contributed by atoms with Gasteiger partial charge in [-0.1, -0.05) is 17.7 Å². The van der Waals surface area contributed by atoms with E-state index in [4.69, 9.17) is 16.3 Å². The maximum Gasteiger partial charge on any atom is 0.416 e. The number of fused-ring (bicyclic) bond motifs is 3. The molecule has 1 saturated carbocycles. The first-order valence-electron chi connectivity index (χ1n) is 18.2. The van der Waals surface area contributed by atoms with Gasteiger partial charge in [0, 0.05) is 32.4 Å². The van der Waals surface area contributed by atoms with Crippen LogP contribution in [0.5, 0.6) is 5.75 Å². The fraction of sp³-hybridized carbons (Fsp3) is 0.432. The summed E-state index contributed by atoms with van der Waals surface area (Å²) in [6, 6.07) is 5.25. The molecule has 3 aromatic heterocycles. The van der Waals surface area contributed by atoms with E-state index >= 15 is 0 Å². The van der Waals surface area contributed by atoms with Gasteiger partial charge >= 0.3 is 12.4 Å². The summed E-state index contributed by atoms with van der Waals surface area (Å²) in [5.41, 5.74) is -4.71. The van der Waals surface area contributed by atoms with Gasteiger partial charge in [0.15, 0.2) is 11.5 Å². The Morgan fingerprint density at radius 2 is 1.76 bits per heavy atom. The Morgan fingerprint density at radius 1 is 1.03 bits per heavy atom. The molecule has 0 bridgehead atoms. The monoisotopic (exact) mass is 834 g/mol. The number of anilines is 1. The summed E-state index contributed by atoms with van der Waals surface area (Å²) in [6.07, 6.45) is -7.55. The molecule has 6 heterocycles. The van der Waals surface area contributed by atoms with Crippen LogP contribution in [0.25, 0.3) is 11.4 Å². The molecule has 1 aliphatic carbocycles. The first-order chi connectivity index (χ1) is 27.3. The van der Waals surface area contributed by atoms with Crippen molar-refractivity contribution in [2.24, 2.45) is 5.41 Å². The van der Waals surface area contributed by atoms with Crippen molar-refractivity contribution in [3.63, 3.8) is 0 Å². The normalized spacial score (nSPS) is 19.9. The molecule has 1 aromatic carbocycles. The van der Waals surface area contributed by atoms with Crippen molar-refractivity contribution in [1.82, 2.24) is 33.9 Å². The van der Waals surface area contributed by atoms with Crippen LogP contribution in [0.3, 0.4) is 0 Å². The SMILES string of the molecule is C[C@H]1OC2(CCN(C(=O)c3ncccc3O)CC2)c2c1n(CC(=O)Nc1ccc(C(F)(F)F)cc1Cl)c1nc(C3=CCN(C(=O)C4(C(F)(F)F)CC4)CC3)nn1c2=O. The number of hydrogen-bond donors (Lipinski definition) is 2. The van der Waals surface area contributed by atoms with Gasteiger partial charge in [-0.2, -0.15) is 35.8 Å². The fourth-order valence-electron chi connectivity index (χ4n) is 8.05. The Labute approximate surface area is 329 Å². The lowest BCUT2D eigenvalue weighted by Gasteiger charge is -2.39. The van der Waals surface area contributed by atoms with E-state index in [1.54, 1.807) is 6.92 Å². The molecule has 3 aliphatic heterocycles. The molecule has 3 amide bonds. The molecule has 21 heteroatoms. The van der Waals surface area contributed by atoms with E-state index in [1.165, 1.54) is 33.9 Å². The van der Waals surface area contributed by atoms with E-state index in [2.05, 4.69) is 20.4 Å². The lowest BCUT2D eigenvalue weighted by atomic mass is 9.85. The zero-order valence-electron chi connectivity index (χ0n) is 30.5. The molecule has 2 fully saturated rings. The average molecular weight is 835 g/mol. The van der Waals surface area contributed by atoms with Gasteiger partial charge < -0.3 is 29.5 Å². The van der Waals surface area contributed by atoms with Crippen molar-refractivity contribution in [3.05, 3.63) is 86.3 Å². The zero-order valence-corrected chi connectivity index (χ0v) is 31.2. The number of halogens is 7. The van der Waals surface area contributed by atoms with E-state index in [1.807, 2.05) is 0 Å². The summed E-state index contributed by atoms with van der Waals surface area (Å²) in [7, 11) is 0. The zero-order chi connectivity index (χ0) is 41.5. The number of alkyl halides is 6. The first-order valence-corrected chi connectivity index (χ1v) is 18.6. The number of rotatable bonds is 6. The number of ether oxygens (including phenoxy) is 1. The van der Waals surface area contributed by atoms with Crippen molar-refractivity contribution < 1.29 is 50.6 Å². The smallest absolute Gasteiger partial charge is 0.416 e. The Bertz CT molecular complexity index is 2470. The van der Waals surface area contributed by atoms with Crippen LogP contribution in [0.4, 0.5) is 32.0 Å². The Kier molecular flexibility index (Phi) is 9.37. The van der Waals surface area contributed by atoms with Crippen molar-refractivity contribution in [2.75, 3.05) is 31.5 Å². The lowest BCUT2D eigenvalue weighted by Crippen LogP contribution is -2.47. The number of amides is 3. The highest BCUT2D eigenvalue weighted by Gasteiger charge is 2.69. The minimum atomic E-state index is -4.68. The maximum absolute atomic E-state index is 14.5. The maximum atomic E-state index is 14.5. The number of hydrogen-bond acceptors (Lipinski definition) is 9. The van der Waals surface area contributed by atoms with Crippen LogP contribution in [-0.2, 0) is 32.6 Å². The van der Waals surface area contributed by atoms with Crippen LogP contribution < -0.4 is 10.9 Å². The van der Waals surface area contributed by atoms with Crippen LogP contribution in [0.1, 0.15) is 78.3 Å². The van der Waals surface area contributed by atoms with E-state index < -0.39 is 64.9 Å². The fourth-order valence-corrected chi connectivity index (χ4v) is 8.28. The third kappa shape index (κ3) is 6.54. The van der Waals surface area contributed by atoms with Gasteiger partial charge in [0.1, 0.15) is 23.3 Å². The van der Waals surface area contributed by atoms with Gasteiger partial charge in [-0.15, -0.1) is 5.10 Å².